The molecule has 6 nitrogen and oxygen atoms in total. The molecule has 0 aromatic carbocycles. The van der Waals surface area contributed by atoms with Gasteiger partial charge in [0.05, 0.1) is 6.54 Å². The number of anilines is 1. The molecule has 0 aliphatic carbocycles. The standard InChI is InChI=1S/C16H18F3N5OS/c1-9-10(2)20-15(26-3)21-14(9)23-6-11(7-23)8-24-13(25)5-4-12(22-24)16(17,18)19/h4-5,11H,6-8H2,1-3H3. The van der Waals surface area contributed by atoms with E-state index in [1.807, 2.05) is 25.0 Å². The van der Waals surface area contributed by atoms with Crippen LogP contribution < -0.4 is 10.5 Å². The van der Waals surface area contributed by atoms with E-state index in [1.165, 1.54) is 11.8 Å². The van der Waals surface area contributed by atoms with E-state index in [1.54, 1.807) is 0 Å². The fourth-order valence-electron chi connectivity index (χ4n) is 2.82. The van der Waals surface area contributed by atoms with Gasteiger partial charge in [-0.2, -0.15) is 18.3 Å². The van der Waals surface area contributed by atoms with Crippen molar-refractivity contribution in [3.8, 4) is 0 Å². The van der Waals surface area contributed by atoms with Gasteiger partial charge in [-0.3, -0.25) is 4.79 Å². The van der Waals surface area contributed by atoms with Crippen LogP contribution in [0.5, 0.6) is 0 Å². The third-order valence-corrected chi connectivity index (χ3v) is 4.92. The molecule has 3 rings (SSSR count). The second-order valence-corrected chi connectivity index (χ2v) is 7.03. The molecule has 0 atom stereocenters. The molecule has 1 aliphatic rings. The lowest BCUT2D eigenvalue weighted by molar-refractivity contribution is -0.142. The number of rotatable bonds is 4. The highest BCUT2D eigenvalue weighted by atomic mass is 32.2. The van der Waals surface area contributed by atoms with Crippen LogP contribution in [0.15, 0.2) is 22.1 Å². The van der Waals surface area contributed by atoms with Crippen LogP contribution in [-0.4, -0.2) is 39.1 Å². The van der Waals surface area contributed by atoms with Gasteiger partial charge in [-0.1, -0.05) is 11.8 Å². The lowest BCUT2D eigenvalue weighted by Crippen LogP contribution is -2.50. The predicted molar refractivity (Wildman–Crippen MR) is 92.5 cm³/mol. The lowest BCUT2D eigenvalue weighted by Gasteiger charge is -2.41. The highest BCUT2D eigenvalue weighted by Gasteiger charge is 2.34. The monoisotopic (exact) mass is 385 g/mol. The second-order valence-electron chi connectivity index (χ2n) is 6.25. The van der Waals surface area contributed by atoms with Crippen molar-refractivity contribution in [3.63, 3.8) is 0 Å². The minimum atomic E-state index is -4.56. The predicted octanol–water partition coefficient (Wildman–Crippen LogP) is 2.53. The van der Waals surface area contributed by atoms with Gasteiger partial charge in [-0.25, -0.2) is 14.6 Å². The number of thioether (sulfide) groups is 1. The number of alkyl halides is 3. The largest absolute Gasteiger partial charge is 0.435 e. The summed E-state index contributed by atoms with van der Waals surface area (Å²) in [6.07, 6.45) is -2.66. The number of aromatic nitrogens is 4. The van der Waals surface area contributed by atoms with E-state index in [9.17, 15) is 18.0 Å². The van der Waals surface area contributed by atoms with Crippen LogP contribution in [0.3, 0.4) is 0 Å². The molecule has 0 bridgehead atoms. The molecule has 140 valence electrons. The summed E-state index contributed by atoms with van der Waals surface area (Å²) in [7, 11) is 0. The van der Waals surface area contributed by atoms with E-state index >= 15 is 0 Å². The van der Waals surface area contributed by atoms with Gasteiger partial charge in [0.15, 0.2) is 10.9 Å². The molecule has 0 spiro atoms. The first-order chi connectivity index (χ1) is 12.2. The molecule has 0 N–H and O–H groups in total. The molecule has 1 aliphatic heterocycles. The fourth-order valence-corrected chi connectivity index (χ4v) is 3.23. The number of hydrogen-bond donors (Lipinski definition) is 0. The SMILES string of the molecule is CSc1nc(C)c(C)c(N2CC(Cn3nc(C(F)(F)F)ccc3=O)C2)n1. The average Bonchev–Trinajstić information content (AvgIpc) is 2.53. The Labute approximate surface area is 152 Å². The highest BCUT2D eigenvalue weighted by molar-refractivity contribution is 7.98. The summed E-state index contributed by atoms with van der Waals surface area (Å²) in [6, 6.07) is 1.62. The molecular weight excluding hydrogens is 367 g/mol. The fraction of sp³-hybridized carbons (Fsp3) is 0.500. The minimum Gasteiger partial charge on any atom is -0.355 e. The van der Waals surface area contributed by atoms with Gasteiger partial charge in [0, 0.05) is 36.3 Å². The Morgan fingerprint density at radius 2 is 1.92 bits per heavy atom. The Bertz CT molecular complexity index is 877. The first-order valence-electron chi connectivity index (χ1n) is 7.98. The molecular formula is C16H18F3N5OS. The molecule has 0 unspecified atom stereocenters. The van der Waals surface area contributed by atoms with Crippen LogP contribution in [0.25, 0.3) is 0 Å². The maximum atomic E-state index is 12.8. The number of hydrogen-bond acceptors (Lipinski definition) is 6. The Kier molecular flexibility index (Phi) is 4.96. The molecule has 0 amide bonds. The van der Waals surface area contributed by atoms with Crippen LogP contribution in [0, 0.1) is 19.8 Å². The van der Waals surface area contributed by atoms with E-state index in [4.69, 9.17) is 0 Å². The van der Waals surface area contributed by atoms with Gasteiger partial charge >= 0.3 is 6.18 Å². The first kappa shape index (κ1) is 18.7. The third-order valence-electron chi connectivity index (χ3n) is 4.37. The van der Waals surface area contributed by atoms with Crippen molar-refractivity contribution in [1.29, 1.82) is 0 Å². The van der Waals surface area contributed by atoms with E-state index in [2.05, 4.69) is 15.1 Å². The summed E-state index contributed by atoms with van der Waals surface area (Å²) in [6.45, 7) is 5.23. The van der Waals surface area contributed by atoms with Crippen LogP contribution >= 0.6 is 11.8 Å². The zero-order chi connectivity index (χ0) is 19.1. The number of halogens is 3. The van der Waals surface area contributed by atoms with Crippen molar-refractivity contribution in [2.75, 3.05) is 24.2 Å². The number of aryl methyl sites for hydroxylation is 1. The molecule has 10 heteroatoms. The average molecular weight is 385 g/mol. The van der Waals surface area contributed by atoms with Crippen LogP contribution in [-0.2, 0) is 12.7 Å². The maximum Gasteiger partial charge on any atom is 0.435 e. The summed E-state index contributed by atoms with van der Waals surface area (Å²) in [5, 5.41) is 4.14. The van der Waals surface area contributed by atoms with Crippen molar-refractivity contribution in [2.24, 2.45) is 5.92 Å². The number of nitrogens with zero attached hydrogens (tertiary/aromatic N) is 5. The van der Waals surface area contributed by atoms with Gasteiger partial charge < -0.3 is 4.90 Å². The smallest absolute Gasteiger partial charge is 0.355 e. The van der Waals surface area contributed by atoms with Crippen molar-refractivity contribution >= 4 is 17.6 Å². The second kappa shape index (κ2) is 6.90. The first-order valence-corrected chi connectivity index (χ1v) is 9.21. The minimum absolute atomic E-state index is 0.0380. The summed E-state index contributed by atoms with van der Waals surface area (Å²) < 4.78 is 39.2. The summed E-state index contributed by atoms with van der Waals surface area (Å²) in [4.78, 5) is 22.8. The van der Waals surface area contributed by atoms with E-state index in [0.29, 0.717) is 24.3 Å². The molecule has 2 aromatic rings. The van der Waals surface area contributed by atoms with E-state index in [0.717, 1.165) is 27.8 Å². The molecule has 2 aromatic heterocycles. The quantitative estimate of drug-likeness (QED) is 0.595. The molecule has 0 saturated carbocycles. The van der Waals surface area contributed by atoms with E-state index in [-0.39, 0.29) is 12.5 Å². The van der Waals surface area contributed by atoms with Gasteiger partial charge in [-0.15, -0.1) is 0 Å². The Balaban J connectivity index is 1.72. The molecule has 1 saturated heterocycles. The zero-order valence-electron chi connectivity index (χ0n) is 14.5. The zero-order valence-corrected chi connectivity index (χ0v) is 15.4. The highest BCUT2D eigenvalue weighted by Crippen LogP contribution is 2.30. The molecule has 3 heterocycles. The van der Waals surface area contributed by atoms with Crippen molar-refractivity contribution in [3.05, 3.63) is 39.4 Å². The Morgan fingerprint density at radius 1 is 1.23 bits per heavy atom. The van der Waals surface area contributed by atoms with Crippen molar-refractivity contribution in [1.82, 2.24) is 19.7 Å². The van der Waals surface area contributed by atoms with E-state index < -0.39 is 17.4 Å². The Hall–Kier alpha value is -2.10. The van der Waals surface area contributed by atoms with Crippen LogP contribution in [0.2, 0.25) is 0 Å². The summed E-state index contributed by atoms with van der Waals surface area (Å²) in [5.74, 6) is 0.874. The Morgan fingerprint density at radius 3 is 2.54 bits per heavy atom. The maximum absolute atomic E-state index is 12.8. The van der Waals surface area contributed by atoms with Crippen LogP contribution in [0.4, 0.5) is 19.0 Å². The van der Waals surface area contributed by atoms with Gasteiger partial charge in [-0.05, 0) is 26.2 Å². The summed E-state index contributed by atoms with van der Waals surface area (Å²) in [5.41, 5.74) is 0.296. The van der Waals surface area contributed by atoms with Crippen LogP contribution in [0.1, 0.15) is 17.0 Å². The lowest BCUT2D eigenvalue weighted by atomic mass is 9.99. The molecule has 1 fully saturated rings. The third kappa shape index (κ3) is 3.69. The molecule has 0 radical (unpaired) electrons. The normalized spacial score (nSPS) is 15.2. The molecule has 26 heavy (non-hydrogen) atoms. The van der Waals surface area contributed by atoms with Gasteiger partial charge in [0.25, 0.3) is 5.56 Å². The van der Waals surface area contributed by atoms with Gasteiger partial charge in [0.2, 0.25) is 0 Å². The van der Waals surface area contributed by atoms with Gasteiger partial charge in [0.1, 0.15) is 5.82 Å². The van der Waals surface area contributed by atoms with Crippen molar-refractivity contribution in [2.45, 2.75) is 31.7 Å². The topological polar surface area (TPSA) is 63.9 Å². The summed E-state index contributed by atoms with van der Waals surface area (Å²) >= 11 is 1.46. The van der Waals surface area contributed by atoms with Crippen molar-refractivity contribution < 1.29 is 13.2 Å².